The van der Waals surface area contributed by atoms with Crippen LogP contribution in [0.1, 0.15) is 13.3 Å². The fourth-order valence-electron chi connectivity index (χ4n) is 1.25. The first-order chi connectivity index (χ1) is 8.52. The monoisotopic (exact) mass is 288 g/mol. The lowest BCUT2D eigenvalue weighted by Crippen LogP contribution is -2.14. The maximum absolute atomic E-state index is 11.6. The number of carbonyl (C=O) groups is 1. The van der Waals surface area contributed by atoms with Crippen LogP contribution in [0.4, 0.5) is 11.4 Å². The van der Waals surface area contributed by atoms with Gasteiger partial charge in [0.05, 0.1) is 17.3 Å². The number of amides is 1. The number of benzene rings is 1. The molecule has 0 aromatic heterocycles. The molecule has 0 fully saturated rings. The number of rotatable bonds is 6. The van der Waals surface area contributed by atoms with Crippen molar-refractivity contribution in [3.8, 4) is 0 Å². The molecule has 1 amide bonds. The second-order valence-corrected chi connectivity index (χ2v) is 5.85. The smallest absolute Gasteiger partial charge is 0.225 e. The average molecular weight is 289 g/mol. The summed E-state index contributed by atoms with van der Waals surface area (Å²) in [6.07, 6.45) is 0.385. The van der Waals surface area contributed by atoms with Crippen LogP contribution in [0.2, 0.25) is 5.02 Å². The topological polar surface area (TPSA) is 75.3 Å². The lowest BCUT2D eigenvalue weighted by molar-refractivity contribution is -0.115. The zero-order chi connectivity index (χ0) is 13.5. The highest BCUT2D eigenvalue weighted by Crippen LogP contribution is 2.24. The predicted molar refractivity (Wildman–Crippen MR) is 78.1 cm³/mol. The lowest BCUT2D eigenvalue weighted by atomic mass is 10.3. The van der Waals surface area contributed by atoms with Crippen molar-refractivity contribution in [3.05, 3.63) is 23.2 Å². The summed E-state index contributed by atoms with van der Waals surface area (Å²) in [5.41, 5.74) is 6.69. The molecule has 0 saturated carbocycles. The highest BCUT2D eigenvalue weighted by molar-refractivity contribution is 7.99. The van der Waals surface area contributed by atoms with Gasteiger partial charge in [-0.3, -0.25) is 4.79 Å². The highest BCUT2D eigenvalue weighted by Gasteiger charge is 2.07. The van der Waals surface area contributed by atoms with E-state index in [-0.39, 0.29) is 17.8 Å². The molecule has 0 bridgehead atoms. The number of aliphatic hydroxyl groups excluding tert-OH is 1. The van der Waals surface area contributed by atoms with Crippen molar-refractivity contribution >= 4 is 40.6 Å². The molecular formula is C12H17ClN2O2S. The Labute approximate surface area is 116 Å². The number of hydrogen-bond acceptors (Lipinski definition) is 4. The van der Waals surface area contributed by atoms with Crippen molar-refractivity contribution in [2.24, 2.45) is 0 Å². The van der Waals surface area contributed by atoms with Gasteiger partial charge in [-0.1, -0.05) is 18.5 Å². The van der Waals surface area contributed by atoms with Gasteiger partial charge in [0.25, 0.3) is 0 Å². The van der Waals surface area contributed by atoms with Crippen molar-refractivity contribution in [2.75, 3.05) is 23.4 Å². The van der Waals surface area contributed by atoms with Gasteiger partial charge < -0.3 is 16.2 Å². The molecule has 0 radical (unpaired) electrons. The fraction of sp³-hybridized carbons (Fsp3) is 0.417. The van der Waals surface area contributed by atoms with E-state index in [0.29, 0.717) is 28.6 Å². The fourth-order valence-corrected chi connectivity index (χ4v) is 2.30. The second kappa shape index (κ2) is 7.51. The summed E-state index contributed by atoms with van der Waals surface area (Å²) in [6, 6.07) is 4.96. The molecular weight excluding hydrogens is 272 g/mol. The Kier molecular flexibility index (Phi) is 6.32. The quantitative estimate of drug-likeness (QED) is 0.703. The van der Waals surface area contributed by atoms with Crippen LogP contribution in [0.25, 0.3) is 0 Å². The van der Waals surface area contributed by atoms with Crippen LogP contribution in [-0.4, -0.2) is 28.6 Å². The molecule has 1 aromatic carbocycles. The maximum Gasteiger partial charge on any atom is 0.225 e. The SMILES string of the molecule is CC(CO)SCCC(=O)Nc1ccc(N)cc1Cl. The van der Waals surface area contributed by atoms with E-state index in [1.54, 1.807) is 30.0 Å². The molecule has 4 N–H and O–H groups in total. The summed E-state index contributed by atoms with van der Waals surface area (Å²) < 4.78 is 0. The Morgan fingerprint density at radius 1 is 1.61 bits per heavy atom. The molecule has 1 rings (SSSR count). The van der Waals surface area contributed by atoms with Gasteiger partial charge in [-0.2, -0.15) is 11.8 Å². The third kappa shape index (κ3) is 5.16. The van der Waals surface area contributed by atoms with Gasteiger partial charge in [0, 0.05) is 23.1 Å². The van der Waals surface area contributed by atoms with Crippen molar-refractivity contribution in [2.45, 2.75) is 18.6 Å². The molecule has 4 nitrogen and oxygen atoms in total. The molecule has 0 aliphatic rings. The number of halogens is 1. The van der Waals surface area contributed by atoms with Crippen LogP contribution in [0, 0.1) is 0 Å². The number of nitrogens with two attached hydrogens (primary N) is 1. The van der Waals surface area contributed by atoms with Gasteiger partial charge in [0.2, 0.25) is 5.91 Å². The minimum Gasteiger partial charge on any atom is -0.399 e. The van der Waals surface area contributed by atoms with Crippen LogP contribution in [0.15, 0.2) is 18.2 Å². The van der Waals surface area contributed by atoms with Gasteiger partial charge in [-0.15, -0.1) is 0 Å². The van der Waals surface area contributed by atoms with E-state index in [1.165, 1.54) is 0 Å². The van der Waals surface area contributed by atoms with Gasteiger partial charge >= 0.3 is 0 Å². The standard InChI is InChI=1S/C12H17ClN2O2S/c1-8(7-16)18-5-4-12(17)15-11-3-2-9(14)6-10(11)13/h2-3,6,8,16H,4-5,7,14H2,1H3,(H,15,17). The Bertz CT molecular complexity index is 415. The van der Waals surface area contributed by atoms with Gasteiger partial charge in [-0.25, -0.2) is 0 Å². The number of aliphatic hydroxyl groups is 1. The summed E-state index contributed by atoms with van der Waals surface area (Å²) >= 11 is 7.51. The Hall–Kier alpha value is -0.910. The van der Waals surface area contributed by atoms with Gasteiger partial charge in [0.15, 0.2) is 0 Å². The molecule has 1 unspecified atom stereocenters. The Balaban J connectivity index is 2.40. The van der Waals surface area contributed by atoms with Crippen molar-refractivity contribution in [1.82, 2.24) is 0 Å². The van der Waals surface area contributed by atoms with E-state index < -0.39 is 0 Å². The minimum absolute atomic E-state index is 0.0979. The summed E-state index contributed by atoms with van der Waals surface area (Å²) in [5, 5.41) is 12.2. The Morgan fingerprint density at radius 2 is 2.33 bits per heavy atom. The lowest BCUT2D eigenvalue weighted by Gasteiger charge is -2.09. The van der Waals surface area contributed by atoms with E-state index in [2.05, 4.69) is 5.32 Å². The van der Waals surface area contributed by atoms with Crippen LogP contribution in [0.5, 0.6) is 0 Å². The first-order valence-electron chi connectivity index (χ1n) is 5.60. The minimum atomic E-state index is -0.0979. The molecule has 0 aliphatic heterocycles. The second-order valence-electron chi connectivity index (χ2n) is 3.90. The first-order valence-corrected chi connectivity index (χ1v) is 7.03. The third-order valence-corrected chi connectivity index (χ3v) is 3.73. The zero-order valence-electron chi connectivity index (χ0n) is 10.1. The largest absolute Gasteiger partial charge is 0.399 e. The number of nitrogens with one attached hydrogen (secondary N) is 1. The molecule has 0 saturated heterocycles. The predicted octanol–water partition coefficient (Wildman–Crippen LogP) is 2.36. The van der Waals surface area contributed by atoms with E-state index >= 15 is 0 Å². The van der Waals surface area contributed by atoms with Gasteiger partial charge in [-0.05, 0) is 18.2 Å². The number of nitrogen functional groups attached to an aromatic ring is 1. The number of thioether (sulfide) groups is 1. The molecule has 0 spiro atoms. The number of anilines is 2. The summed E-state index contributed by atoms with van der Waals surface area (Å²) in [6.45, 7) is 2.04. The van der Waals surface area contributed by atoms with Crippen molar-refractivity contribution < 1.29 is 9.90 Å². The van der Waals surface area contributed by atoms with E-state index in [4.69, 9.17) is 22.4 Å². The zero-order valence-corrected chi connectivity index (χ0v) is 11.7. The molecule has 18 heavy (non-hydrogen) atoms. The first kappa shape index (κ1) is 15.1. The van der Waals surface area contributed by atoms with Crippen LogP contribution in [0.3, 0.4) is 0 Å². The molecule has 1 atom stereocenters. The van der Waals surface area contributed by atoms with E-state index in [1.807, 2.05) is 6.92 Å². The molecule has 1 aromatic rings. The Morgan fingerprint density at radius 3 is 2.94 bits per heavy atom. The van der Waals surface area contributed by atoms with E-state index in [0.717, 1.165) is 0 Å². The third-order valence-electron chi connectivity index (χ3n) is 2.26. The summed E-state index contributed by atoms with van der Waals surface area (Å²) in [5.74, 6) is 0.569. The number of carbonyl (C=O) groups excluding carboxylic acids is 1. The van der Waals surface area contributed by atoms with Crippen LogP contribution in [-0.2, 0) is 4.79 Å². The normalized spacial score (nSPS) is 12.2. The molecule has 0 heterocycles. The molecule has 100 valence electrons. The summed E-state index contributed by atoms with van der Waals surface area (Å²) in [7, 11) is 0. The van der Waals surface area contributed by atoms with Crippen LogP contribution >= 0.6 is 23.4 Å². The van der Waals surface area contributed by atoms with Crippen molar-refractivity contribution in [1.29, 1.82) is 0 Å². The highest BCUT2D eigenvalue weighted by atomic mass is 35.5. The summed E-state index contributed by atoms with van der Waals surface area (Å²) in [4.78, 5) is 11.6. The van der Waals surface area contributed by atoms with Gasteiger partial charge in [0.1, 0.15) is 0 Å². The van der Waals surface area contributed by atoms with E-state index in [9.17, 15) is 4.79 Å². The number of hydrogen-bond donors (Lipinski definition) is 3. The van der Waals surface area contributed by atoms with Crippen molar-refractivity contribution in [3.63, 3.8) is 0 Å². The van der Waals surface area contributed by atoms with Crippen LogP contribution < -0.4 is 11.1 Å². The average Bonchev–Trinajstić information content (AvgIpc) is 2.32. The molecule has 6 heteroatoms. The molecule has 0 aliphatic carbocycles. The maximum atomic E-state index is 11.6.